The van der Waals surface area contributed by atoms with E-state index in [1.54, 1.807) is 11.1 Å². The molecule has 2 aliphatic heterocycles. The Morgan fingerprint density at radius 3 is 2.96 bits per heavy atom. The lowest BCUT2D eigenvalue weighted by Gasteiger charge is -2.39. The van der Waals surface area contributed by atoms with Crippen molar-refractivity contribution in [2.75, 3.05) is 19.6 Å². The fourth-order valence-corrected chi connectivity index (χ4v) is 3.04. The first kappa shape index (κ1) is 14.8. The Morgan fingerprint density at radius 2 is 2.21 bits per heavy atom. The van der Waals surface area contributed by atoms with Crippen LogP contribution in [0.5, 0.6) is 0 Å². The zero-order valence-electron chi connectivity index (χ0n) is 13.0. The molecule has 4 heterocycles. The standard InChI is InChI=1S/C16H17N5O3/c22-14-11(4-3-7-18-14)16(23)21-8-10(9-21)15-19-13(20-24-15)12-5-1-2-6-17-12/h1-2,5-6,10-11H,3-4,7-9H2,(H,18,22). The van der Waals surface area contributed by atoms with E-state index in [1.807, 2.05) is 18.2 Å². The van der Waals surface area contributed by atoms with Gasteiger partial charge in [-0.1, -0.05) is 11.2 Å². The van der Waals surface area contributed by atoms with Gasteiger partial charge in [-0.3, -0.25) is 14.6 Å². The average Bonchev–Trinajstić information content (AvgIpc) is 3.04. The summed E-state index contributed by atoms with van der Waals surface area (Å²) in [5.41, 5.74) is 0.652. The highest BCUT2D eigenvalue weighted by atomic mass is 16.5. The number of piperidine rings is 1. The number of nitrogens with one attached hydrogen (secondary N) is 1. The molecule has 1 unspecified atom stereocenters. The molecule has 0 radical (unpaired) electrons. The van der Waals surface area contributed by atoms with E-state index in [1.165, 1.54) is 0 Å². The molecular formula is C16H17N5O3. The summed E-state index contributed by atoms with van der Waals surface area (Å²) >= 11 is 0. The van der Waals surface area contributed by atoms with Crippen LogP contribution in [-0.4, -0.2) is 51.5 Å². The van der Waals surface area contributed by atoms with Crippen LogP contribution in [0.3, 0.4) is 0 Å². The van der Waals surface area contributed by atoms with Crippen LogP contribution in [0.2, 0.25) is 0 Å². The van der Waals surface area contributed by atoms with Crippen molar-refractivity contribution in [2.45, 2.75) is 18.8 Å². The van der Waals surface area contributed by atoms with E-state index in [9.17, 15) is 9.59 Å². The molecule has 4 rings (SSSR count). The van der Waals surface area contributed by atoms with Gasteiger partial charge in [-0.15, -0.1) is 0 Å². The number of rotatable bonds is 3. The minimum Gasteiger partial charge on any atom is -0.355 e. The molecule has 0 aliphatic carbocycles. The third-order valence-electron chi connectivity index (χ3n) is 4.46. The zero-order chi connectivity index (χ0) is 16.5. The summed E-state index contributed by atoms with van der Waals surface area (Å²) < 4.78 is 5.30. The van der Waals surface area contributed by atoms with E-state index in [0.29, 0.717) is 43.5 Å². The molecule has 24 heavy (non-hydrogen) atoms. The van der Waals surface area contributed by atoms with Crippen LogP contribution in [0.15, 0.2) is 28.9 Å². The summed E-state index contributed by atoms with van der Waals surface area (Å²) in [4.78, 5) is 34.4. The second kappa shape index (κ2) is 6.03. The molecule has 2 aromatic heterocycles. The molecule has 8 heteroatoms. The molecule has 1 atom stereocenters. The summed E-state index contributed by atoms with van der Waals surface area (Å²) in [6, 6.07) is 5.49. The van der Waals surface area contributed by atoms with Gasteiger partial charge in [-0.25, -0.2) is 0 Å². The Bertz CT molecular complexity index is 754. The van der Waals surface area contributed by atoms with Crippen LogP contribution in [0.4, 0.5) is 0 Å². The molecule has 2 amide bonds. The highest BCUT2D eigenvalue weighted by molar-refractivity contribution is 6.01. The molecule has 0 bridgehead atoms. The average molecular weight is 327 g/mol. The van der Waals surface area contributed by atoms with E-state index < -0.39 is 5.92 Å². The molecule has 0 spiro atoms. The van der Waals surface area contributed by atoms with Gasteiger partial charge in [-0.05, 0) is 25.0 Å². The number of carbonyl (C=O) groups excluding carboxylic acids is 2. The topological polar surface area (TPSA) is 101 Å². The number of likely N-dealkylation sites (tertiary alicyclic amines) is 1. The van der Waals surface area contributed by atoms with Gasteiger partial charge < -0.3 is 14.7 Å². The Hall–Kier alpha value is -2.77. The van der Waals surface area contributed by atoms with Crippen molar-refractivity contribution < 1.29 is 14.1 Å². The number of pyridine rings is 1. The molecule has 2 saturated heterocycles. The molecule has 1 N–H and O–H groups in total. The van der Waals surface area contributed by atoms with Crippen molar-refractivity contribution in [3.63, 3.8) is 0 Å². The molecule has 2 aliphatic rings. The molecule has 0 aromatic carbocycles. The molecule has 8 nitrogen and oxygen atoms in total. The lowest BCUT2D eigenvalue weighted by atomic mass is 9.92. The van der Waals surface area contributed by atoms with E-state index in [-0.39, 0.29) is 17.7 Å². The van der Waals surface area contributed by atoms with Gasteiger partial charge in [0.2, 0.25) is 23.5 Å². The molecule has 124 valence electrons. The maximum atomic E-state index is 12.4. The minimum atomic E-state index is -0.550. The van der Waals surface area contributed by atoms with E-state index in [0.717, 1.165) is 6.42 Å². The number of amides is 2. The Morgan fingerprint density at radius 1 is 1.33 bits per heavy atom. The SMILES string of the molecule is O=C1NCCCC1C(=O)N1CC(c2nc(-c3ccccn3)no2)C1. The van der Waals surface area contributed by atoms with Gasteiger partial charge in [0.05, 0.1) is 5.92 Å². The number of hydrogen-bond acceptors (Lipinski definition) is 6. The summed E-state index contributed by atoms with van der Waals surface area (Å²) in [5, 5.41) is 6.69. The summed E-state index contributed by atoms with van der Waals surface area (Å²) in [6.45, 7) is 1.67. The van der Waals surface area contributed by atoms with Crippen LogP contribution < -0.4 is 5.32 Å². The fourth-order valence-electron chi connectivity index (χ4n) is 3.04. The third kappa shape index (κ3) is 2.64. The number of hydrogen-bond donors (Lipinski definition) is 1. The van der Waals surface area contributed by atoms with Crippen molar-refractivity contribution in [1.82, 2.24) is 25.3 Å². The van der Waals surface area contributed by atoms with Gasteiger partial charge in [0.1, 0.15) is 11.6 Å². The molecule has 2 aromatic rings. The van der Waals surface area contributed by atoms with Crippen molar-refractivity contribution in [1.29, 1.82) is 0 Å². The largest absolute Gasteiger partial charge is 0.355 e. The Balaban J connectivity index is 1.38. The van der Waals surface area contributed by atoms with Crippen molar-refractivity contribution in [3.8, 4) is 11.5 Å². The predicted molar refractivity (Wildman–Crippen MR) is 82.6 cm³/mol. The first-order valence-electron chi connectivity index (χ1n) is 8.04. The van der Waals surface area contributed by atoms with E-state index in [4.69, 9.17) is 4.52 Å². The number of nitrogens with zero attached hydrogens (tertiary/aromatic N) is 4. The van der Waals surface area contributed by atoms with Crippen molar-refractivity contribution in [3.05, 3.63) is 30.3 Å². The fraction of sp³-hybridized carbons (Fsp3) is 0.438. The normalized spacial score (nSPS) is 21.2. The summed E-state index contributed by atoms with van der Waals surface area (Å²) in [6.07, 6.45) is 3.14. The van der Waals surface area contributed by atoms with Gasteiger partial charge in [0, 0.05) is 25.8 Å². The monoisotopic (exact) mass is 327 g/mol. The van der Waals surface area contributed by atoms with Crippen molar-refractivity contribution >= 4 is 11.8 Å². The van der Waals surface area contributed by atoms with E-state index >= 15 is 0 Å². The summed E-state index contributed by atoms with van der Waals surface area (Å²) in [5.74, 6) is 0.157. The van der Waals surface area contributed by atoms with Gasteiger partial charge >= 0.3 is 0 Å². The first-order chi connectivity index (χ1) is 11.7. The van der Waals surface area contributed by atoms with Crippen LogP contribution in [0, 0.1) is 5.92 Å². The highest BCUT2D eigenvalue weighted by Crippen LogP contribution is 2.29. The maximum absolute atomic E-state index is 12.4. The molecule has 2 fully saturated rings. The van der Waals surface area contributed by atoms with Gasteiger partial charge in [0.25, 0.3) is 0 Å². The second-order valence-corrected chi connectivity index (χ2v) is 6.10. The second-order valence-electron chi connectivity index (χ2n) is 6.10. The molecular weight excluding hydrogens is 310 g/mol. The minimum absolute atomic E-state index is 0.0190. The Kier molecular flexibility index (Phi) is 3.72. The number of aromatic nitrogens is 3. The summed E-state index contributed by atoms with van der Waals surface area (Å²) in [7, 11) is 0. The maximum Gasteiger partial charge on any atom is 0.235 e. The van der Waals surface area contributed by atoms with Gasteiger partial charge in [0.15, 0.2) is 0 Å². The lowest BCUT2D eigenvalue weighted by molar-refractivity contribution is -0.147. The molecule has 0 saturated carbocycles. The van der Waals surface area contributed by atoms with E-state index in [2.05, 4.69) is 20.4 Å². The quantitative estimate of drug-likeness (QED) is 0.828. The van der Waals surface area contributed by atoms with Crippen molar-refractivity contribution in [2.24, 2.45) is 5.92 Å². The lowest BCUT2D eigenvalue weighted by Crippen LogP contribution is -2.54. The van der Waals surface area contributed by atoms with Crippen LogP contribution in [0.1, 0.15) is 24.7 Å². The predicted octanol–water partition coefficient (Wildman–Crippen LogP) is 0.584. The van der Waals surface area contributed by atoms with Gasteiger partial charge in [-0.2, -0.15) is 4.98 Å². The number of carbonyl (C=O) groups is 2. The smallest absolute Gasteiger partial charge is 0.235 e. The van der Waals surface area contributed by atoms with Crippen LogP contribution >= 0.6 is 0 Å². The highest BCUT2D eigenvalue weighted by Gasteiger charge is 2.40. The van der Waals surface area contributed by atoms with Crippen LogP contribution in [0.25, 0.3) is 11.5 Å². The zero-order valence-corrected chi connectivity index (χ0v) is 13.0. The third-order valence-corrected chi connectivity index (χ3v) is 4.46. The van der Waals surface area contributed by atoms with Crippen LogP contribution in [-0.2, 0) is 9.59 Å². The Labute approximate surface area is 138 Å². The first-order valence-corrected chi connectivity index (χ1v) is 8.04.